The first-order chi connectivity index (χ1) is 17.0. The molecule has 3 unspecified atom stereocenters. The van der Waals surface area contributed by atoms with Crippen LogP contribution in [-0.4, -0.2) is 12.1 Å². The van der Waals surface area contributed by atoms with Crippen LogP contribution in [0.4, 0.5) is 0 Å². The quantitative estimate of drug-likeness (QED) is 0.200. The lowest BCUT2D eigenvalue weighted by Crippen LogP contribution is -2.30. The monoisotopic (exact) mass is 484 g/mol. The Hall–Kier alpha value is -3.46. The first kappa shape index (κ1) is 24.7. The first-order valence-corrected chi connectivity index (χ1v) is 13.3. The minimum absolute atomic E-state index is 0.286. The van der Waals surface area contributed by atoms with Gasteiger partial charge in [0.2, 0.25) is 0 Å². The second-order valence-electron chi connectivity index (χ2n) is 8.49. The number of esters is 1. The summed E-state index contributed by atoms with van der Waals surface area (Å²) in [6.45, 7) is 3.84. The Labute approximate surface area is 207 Å². The van der Waals surface area contributed by atoms with E-state index in [4.69, 9.17) is 9.26 Å². The van der Waals surface area contributed by atoms with Gasteiger partial charge in [-0.3, -0.25) is 4.57 Å². The van der Waals surface area contributed by atoms with Gasteiger partial charge in [-0.25, -0.2) is 4.79 Å². The van der Waals surface area contributed by atoms with E-state index in [-0.39, 0.29) is 5.92 Å². The van der Waals surface area contributed by atoms with Crippen LogP contribution in [0.3, 0.4) is 0 Å². The molecule has 0 saturated carbocycles. The summed E-state index contributed by atoms with van der Waals surface area (Å²) in [5.74, 6) is -0.696. The van der Waals surface area contributed by atoms with Crippen molar-refractivity contribution in [1.82, 2.24) is 0 Å². The molecule has 0 aromatic heterocycles. The van der Waals surface area contributed by atoms with Crippen LogP contribution in [-0.2, 0) is 13.8 Å². The van der Waals surface area contributed by atoms with Crippen LogP contribution < -0.4 is 10.6 Å². The van der Waals surface area contributed by atoms with Crippen molar-refractivity contribution in [3.05, 3.63) is 132 Å². The smallest absolute Gasteiger partial charge is 0.338 e. The van der Waals surface area contributed by atoms with Gasteiger partial charge in [0.05, 0.1) is 11.7 Å². The van der Waals surface area contributed by atoms with Gasteiger partial charge in [0.15, 0.2) is 0 Å². The van der Waals surface area contributed by atoms with E-state index in [1.54, 1.807) is 24.3 Å². The Morgan fingerprint density at radius 1 is 0.657 bits per heavy atom. The fourth-order valence-corrected chi connectivity index (χ4v) is 6.31. The zero-order chi connectivity index (χ0) is 24.7. The molecule has 4 rings (SSSR count). The van der Waals surface area contributed by atoms with Gasteiger partial charge in [0.25, 0.3) is 7.37 Å². The minimum atomic E-state index is -3.40. The molecule has 0 spiro atoms. The second-order valence-corrected chi connectivity index (χ2v) is 10.8. The van der Waals surface area contributed by atoms with Gasteiger partial charge in [-0.15, -0.1) is 0 Å². The zero-order valence-corrected chi connectivity index (χ0v) is 20.8. The molecule has 0 saturated heterocycles. The summed E-state index contributed by atoms with van der Waals surface area (Å²) in [7, 11) is -3.40. The van der Waals surface area contributed by atoms with Crippen LogP contribution in [0.15, 0.2) is 121 Å². The van der Waals surface area contributed by atoms with E-state index in [9.17, 15) is 9.36 Å². The SMILES string of the molecule is CC(OP(=O)(c1ccccc1)c1ccccc1)C(C)C(OC(=O)c1ccccc1)c1ccccc1. The predicted molar refractivity (Wildman–Crippen MR) is 141 cm³/mol. The number of hydrogen-bond donors (Lipinski definition) is 0. The normalized spacial score (nSPS) is 14.0. The van der Waals surface area contributed by atoms with Crippen molar-refractivity contribution in [3.63, 3.8) is 0 Å². The summed E-state index contributed by atoms with van der Waals surface area (Å²) < 4.78 is 26.9. The van der Waals surface area contributed by atoms with E-state index >= 15 is 0 Å². The maximum Gasteiger partial charge on any atom is 0.338 e. The van der Waals surface area contributed by atoms with E-state index in [1.165, 1.54) is 0 Å². The molecule has 4 nitrogen and oxygen atoms in total. The second kappa shape index (κ2) is 11.3. The predicted octanol–water partition coefficient (Wildman–Crippen LogP) is 6.56. The van der Waals surface area contributed by atoms with Crippen LogP contribution in [0, 0.1) is 5.92 Å². The standard InChI is InChI=1S/C30H29O4P/c1-23(29(25-15-7-3-8-16-25)33-30(31)26-17-9-4-10-18-26)24(2)34-35(32,27-19-11-5-12-20-27)28-21-13-6-14-22-28/h3-24,29H,1-2H3. The molecule has 0 fully saturated rings. The Balaban J connectivity index is 1.65. The van der Waals surface area contributed by atoms with E-state index in [0.717, 1.165) is 5.56 Å². The highest BCUT2D eigenvalue weighted by Crippen LogP contribution is 2.48. The van der Waals surface area contributed by atoms with Gasteiger partial charge in [-0.2, -0.15) is 0 Å². The summed E-state index contributed by atoms with van der Waals surface area (Å²) in [6.07, 6.45) is -1.08. The molecular weight excluding hydrogens is 455 g/mol. The number of carbonyl (C=O) groups excluding carboxylic acids is 1. The minimum Gasteiger partial charge on any atom is -0.454 e. The molecule has 4 aromatic rings. The van der Waals surface area contributed by atoms with Crippen LogP contribution >= 0.6 is 7.37 Å². The molecular formula is C30H29O4P. The topological polar surface area (TPSA) is 52.6 Å². The van der Waals surface area contributed by atoms with Crippen LogP contribution in [0.1, 0.15) is 35.9 Å². The third kappa shape index (κ3) is 5.79. The molecule has 178 valence electrons. The maximum atomic E-state index is 14.4. The highest BCUT2D eigenvalue weighted by Gasteiger charge is 2.36. The van der Waals surface area contributed by atoms with E-state index in [2.05, 4.69) is 0 Å². The Morgan fingerprint density at radius 2 is 1.09 bits per heavy atom. The summed E-state index contributed by atoms with van der Waals surface area (Å²) >= 11 is 0. The molecule has 0 heterocycles. The molecule has 0 radical (unpaired) electrons. The lowest BCUT2D eigenvalue weighted by atomic mass is 9.93. The molecule has 0 aliphatic heterocycles. The van der Waals surface area contributed by atoms with Crippen LogP contribution in [0.5, 0.6) is 0 Å². The summed E-state index contributed by atoms with van der Waals surface area (Å²) in [6, 6.07) is 37.1. The maximum absolute atomic E-state index is 14.4. The molecule has 5 heteroatoms. The Morgan fingerprint density at radius 3 is 1.57 bits per heavy atom. The number of rotatable bonds is 9. The van der Waals surface area contributed by atoms with Gasteiger partial charge in [0.1, 0.15) is 6.10 Å². The number of ether oxygens (including phenoxy) is 1. The third-order valence-corrected chi connectivity index (χ3v) is 8.68. The summed E-state index contributed by atoms with van der Waals surface area (Å²) in [5, 5.41) is 1.26. The van der Waals surface area contributed by atoms with E-state index < -0.39 is 25.5 Å². The molecule has 35 heavy (non-hydrogen) atoms. The van der Waals surface area contributed by atoms with Gasteiger partial charge >= 0.3 is 5.97 Å². The fraction of sp³-hybridized carbons (Fsp3) is 0.167. The lowest BCUT2D eigenvalue weighted by Gasteiger charge is -2.32. The zero-order valence-electron chi connectivity index (χ0n) is 19.9. The highest BCUT2D eigenvalue weighted by atomic mass is 31.2. The van der Waals surface area contributed by atoms with Crippen LogP contribution in [0.2, 0.25) is 0 Å². The van der Waals surface area contributed by atoms with Crippen molar-refractivity contribution in [3.8, 4) is 0 Å². The Kier molecular flexibility index (Phi) is 7.97. The molecule has 3 atom stereocenters. The third-order valence-electron chi connectivity index (χ3n) is 6.10. The van der Waals surface area contributed by atoms with Crippen molar-refractivity contribution < 1.29 is 18.6 Å². The highest BCUT2D eigenvalue weighted by molar-refractivity contribution is 7.74. The van der Waals surface area contributed by atoms with Gasteiger partial charge in [-0.05, 0) is 48.9 Å². The molecule has 0 N–H and O–H groups in total. The number of benzene rings is 4. The first-order valence-electron chi connectivity index (χ1n) is 11.7. The van der Waals surface area contributed by atoms with Gasteiger partial charge < -0.3 is 9.26 Å². The van der Waals surface area contributed by atoms with Crippen molar-refractivity contribution in [1.29, 1.82) is 0 Å². The van der Waals surface area contributed by atoms with E-state index in [1.807, 2.05) is 111 Å². The molecule has 4 aromatic carbocycles. The van der Waals surface area contributed by atoms with Crippen LogP contribution in [0.25, 0.3) is 0 Å². The molecule has 0 bridgehead atoms. The number of carbonyl (C=O) groups is 1. The summed E-state index contributed by atoms with van der Waals surface area (Å²) in [4.78, 5) is 13.0. The van der Waals surface area contributed by atoms with Crippen molar-refractivity contribution in [2.45, 2.75) is 26.1 Å². The van der Waals surface area contributed by atoms with Gasteiger partial charge in [0, 0.05) is 16.5 Å². The number of hydrogen-bond acceptors (Lipinski definition) is 4. The van der Waals surface area contributed by atoms with Crippen molar-refractivity contribution in [2.24, 2.45) is 5.92 Å². The molecule has 0 aliphatic rings. The van der Waals surface area contributed by atoms with Crippen molar-refractivity contribution in [2.75, 3.05) is 0 Å². The fourth-order valence-electron chi connectivity index (χ4n) is 3.97. The molecule has 0 aliphatic carbocycles. The average Bonchev–Trinajstić information content (AvgIpc) is 2.93. The van der Waals surface area contributed by atoms with Crippen molar-refractivity contribution >= 4 is 23.9 Å². The summed E-state index contributed by atoms with van der Waals surface area (Å²) in [5.41, 5.74) is 1.34. The Bertz CT molecular complexity index is 1220. The molecule has 0 amide bonds. The van der Waals surface area contributed by atoms with E-state index in [0.29, 0.717) is 16.2 Å². The average molecular weight is 485 g/mol. The lowest BCUT2D eigenvalue weighted by molar-refractivity contribution is -0.00400. The van der Waals surface area contributed by atoms with Gasteiger partial charge in [-0.1, -0.05) is 91.9 Å². The largest absolute Gasteiger partial charge is 0.454 e.